The van der Waals surface area contributed by atoms with Crippen molar-refractivity contribution in [2.45, 2.75) is 37.1 Å². The Kier molecular flexibility index (Phi) is 1.35. The fraction of sp³-hybridized carbons (Fsp3) is 1.00. The zero-order valence-electron chi connectivity index (χ0n) is 7.17. The van der Waals surface area contributed by atoms with Crippen LogP contribution in [0.2, 0.25) is 0 Å². The summed E-state index contributed by atoms with van der Waals surface area (Å²) in [7, 11) is 0. The Morgan fingerprint density at radius 3 is 2.33 bits per heavy atom. The quantitative estimate of drug-likeness (QED) is 0.509. The van der Waals surface area contributed by atoms with Gasteiger partial charge in [-0.05, 0) is 12.8 Å². The van der Waals surface area contributed by atoms with Gasteiger partial charge in [-0.3, -0.25) is 0 Å². The maximum Gasteiger partial charge on any atom is 0.171 e. The lowest BCUT2D eigenvalue weighted by Gasteiger charge is -2.34. The van der Waals surface area contributed by atoms with Crippen LogP contribution in [0.25, 0.3) is 0 Å². The molecule has 0 amide bonds. The van der Waals surface area contributed by atoms with E-state index in [1.165, 1.54) is 12.8 Å². The highest BCUT2D eigenvalue weighted by Crippen LogP contribution is 2.48. The summed E-state index contributed by atoms with van der Waals surface area (Å²) >= 11 is 0. The normalized spacial score (nSPS) is 44.0. The van der Waals surface area contributed by atoms with Gasteiger partial charge in [0.1, 0.15) is 0 Å². The molecule has 68 valence electrons. The molecule has 3 rings (SSSR count). The van der Waals surface area contributed by atoms with Crippen LogP contribution >= 0.6 is 0 Å². The number of hydrogen-bond acceptors (Lipinski definition) is 3. The highest BCUT2D eigenvalue weighted by Gasteiger charge is 2.55. The van der Waals surface area contributed by atoms with Crippen molar-refractivity contribution in [1.29, 1.82) is 0 Å². The number of rotatable bonds is 0. The summed E-state index contributed by atoms with van der Waals surface area (Å²) in [5, 5.41) is 0. The molecule has 12 heavy (non-hydrogen) atoms. The number of ether oxygens (including phenoxy) is 3. The second-order valence-corrected chi connectivity index (χ2v) is 4.11. The Morgan fingerprint density at radius 1 is 0.917 bits per heavy atom. The maximum atomic E-state index is 5.65. The van der Waals surface area contributed by atoms with Crippen LogP contribution in [-0.4, -0.2) is 31.2 Å². The first-order chi connectivity index (χ1) is 5.83. The van der Waals surface area contributed by atoms with Gasteiger partial charge < -0.3 is 14.2 Å². The number of epoxide rings is 1. The fourth-order valence-corrected chi connectivity index (χ4v) is 2.44. The van der Waals surface area contributed by atoms with Crippen molar-refractivity contribution in [1.82, 2.24) is 0 Å². The SMILES string of the molecule is C1CC2(C[C@]3(C1)CO3)OCCO2. The molecule has 3 fully saturated rings. The Hall–Kier alpha value is -0.120. The molecule has 0 unspecified atom stereocenters. The van der Waals surface area contributed by atoms with Gasteiger partial charge in [0.05, 0.1) is 25.4 Å². The Bertz CT molecular complexity index is 192. The maximum absolute atomic E-state index is 5.65. The number of hydrogen-bond donors (Lipinski definition) is 0. The average Bonchev–Trinajstić information content (AvgIpc) is 2.63. The highest BCUT2D eigenvalue weighted by molar-refractivity contribution is 5.01. The molecular formula is C9H14O3. The first-order valence-corrected chi connectivity index (χ1v) is 4.75. The molecule has 1 saturated carbocycles. The molecule has 0 aromatic heterocycles. The van der Waals surface area contributed by atoms with E-state index in [0.717, 1.165) is 32.7 Å². The van der Waals surface area contributed by atoms with Gasteiger partial charge in [0.15, 0.2) is 5.79 Å². The van der Waals surface area contributed by atoms with Gasteiger partial charge in [-0.15, -0.1) is 0 Å². The summed E-state index contributed by atoms with van der Waals surface area (Å²) in [4.78, 5) is 0. The minimum Gasteiger partial charge on any atom is -0.369 e. The molecule has 0 bridgehead atoms. The van der Waals surface area contributed by atoms with E-state index in [9.17, 15) is 0 Å². The summed E-state index contributed by atoms with van der Waals surface area (Å²) in [6.45, 7) is 2.44. The predicted octanol–water partition coefficient (Wildman–Crippen LogP) is 1.07. The van der Waals surface area contributed by atoms with Crippen LogP contribution in [0, 0.1) is 0 Å². The van der Waals surface area contributed by atoms with Gasteiger partial charge in [-0.1, -0.05) is 0 Å². The van der Waals surface area contributed by atoms with Crippen LogP contribution in [0.1, 0.15) is 25.7 Å². The molecular weight excluding hydrogens is 156 g/mol. The molecule has 0 aromatic rings. The topological polar surface area (TPSA) is 31.0 Å². The van der Waals surface area contributed by atoms with Crippen molar-refractivity contribution in [2.24, 2.45) is 0 Å². The van der Waals surface area contributed by atoms with E-state index in [1.807, 2.05) is 0 Å². The summed E-state index contributed by atoms with van der Waals surface area (Å²) in [6.07, 6.45) is 4.39. The summed E-state index contributed by atoms with van der Waals surface area (Å²) < 4.78 is 16.8. The van der Waals surface area contributed by atoms with Crippen molar-refractivity contribution in [3.8, 4) is 0 Å². The highest BCUT2D eigenvalue weighted by atomic mass is 16.7. The minimum absolute atomic E-state index is 0.155. The van der Waals surface area contributed by atoms with E-state index in [1.54, 1.807) is 0 Å². The second-order valence-electron chi connectivity index (χ2n) is 4.11. The largest absolute Gasteiger partial charge is 0.369 e. The summed E-state index contributed by atoms with van der Waals surface area (Å²) in [5.74, 6) is -0.255. The molecule has 3 heteroatoms. The van der Waals surface area contributed by atoms with Crippen LogP contribution in [0.3, 0.4) is 0 Å². The van der Waals surface area contributed by atoms with E-state index in [-0.39, 0.29) is 11.4 Å². The smallest absolute Gasteiger partial charge is 0.171 e. The van der Waals surface area contributed by atoms with E-state index in [2.05, 4.69) is 0 Å². The lowest BCUT2D eigenvalue weighted by Crippen LogP contribution is -2.40. The standard InChI is InChI=1S/C9H14O3/c1-2-8(7-12-8)6-9(3-1)10-4-5-11-9/h1-7H2/t8-/m1/s1. The van der Waals surface area contributed by atoms with Crippen LogP contribution in [0.5, 0.6) is 0 Å². The zero-order valence-corrected chi connectivity index (χ0v) is 7.17. The van der Waals surface area contributed by atoms with Crippen molar-refractivity contribution in [3.05, 3.63) is 0 Å². The van der Waals surface area contributed by atoms with Crippen LogP contribution in [0.4, 0.5) is 0 Å². The third-order valence-electron chi connectivity index (χ3n) is 3.15. The van der Waals surface area contributed by atoms with Gasteiger partial charge in [0, 0.05) is 12.8 Å². The summed E-state index contributed by atoms with van der Waals surface area (Å²) in [5.41, 5.74) is 0.155. The monoisotopic (exact) mass is 170 g/mol. The van der Waals surface area contributed by atoms with Crippen LogP contribution in [-0.2, 0) is 14.2 Å². The molecule has 2 spiro atoms. The zero-order chi connectivity index (χ0) is 8.07. The van der Waals surface area contributed by atoms with Gasteiger partial charge in [-0.25, -0.2) is 0 Å². The molecule has 2 aliphatic heterocycles. The lowest BCUT2D eigenvalue weighted by atomic mass is 9.85. The Balaban J connectivity index is 1.78. The van der Waals surface area contributed by atoms with Gasteiger partial charge in [0.25, 0.3) is 0 Å². The molecule has 3 nitrogen and oxygen atoms in total. The second kappa shape index (κ2) is 2.22. The van der Waals surface area contributed by atoms with Gasteiger partial charge in [-0.2, -0.15) is 0 Å². The summed E-state index contributed by atoms with van der Waals surface area (Å²) in [6, 6.07) is 0. The van der Waals surface area contributed by atoms with Crippen LogP contribution in [0.15, 0.2) is 0 Å². The first kappa shape index (κ1) is 7.30. The van der Waals surface area contributed by atoms with Gasteiger partial charge in [0.2, 0.25) is 0 Å². The fourth-order valence-electron chi connectivity index (χ4n) is 2.44. The molecule has 0 N–H and O–H groups in total. The molecule has 3 aliphatic rings. The molecule has 1 atom stereocenters. The minimum atomic E-state index is -0.255. The Morgan fingerprint density at radius 2 is 1.67 bits per heavy atom. The van der Waals surface area contributed by atoms with Crippen molar-refractivity contribution in [3.63, 3.8) is 0 Å². The third-order valence-corrected chi connectivity index (χ3v) is 3.15. The van der Waals surface area contributed by atoms with Crippen molar-refractivity contribution >= 4 is 0 Å². The van der Waals surface area contributed by atoms with Crippen molar-refractivity contribution < 1.29 is 14.2 Å². The Labute approximate surface area is 72.0 Å². The molecule has 0 aromatic carbocycles. The van der Waals surface area contributed by atoms with E-state index < -0.39 is 0 Å². The van der Waals surface area contributed by atoms with E-state index in [0.29, 0.717) is 0 Å². The average molecular weight is 170 g/mol. The molecule has 0 radical (unpaired) electrons. The molecule has 1 aliphatic carbocycles. The molecule has 2 heterocycles. The van der Waals surface area contributed by atoms with E-state index >= 15 is 0 Å². The lowest BCUT2D eigenvalue weighted by molar-refractivity contribution is -0.189. The van der Waals surface area contributed by atoms with Crippen LogP contribution < -0.4 is 0 Å². The van der Waals surface area contributed by atoms with E-state index in [4.69, 9.17) is 14.2 Å². The third kappa shape index (κ3) is 1.00. The van der Waals surface area contributed by atoms with Crippen molar-refractivity contribution in [2.75, 3.05) is 19.8 Å². The first-order valence-electron chi connectivity index (χ1n) is 4.75. The molecule has 2 saturated heterocycles. The van der Waals surface area contributed by atoms with Gasteiger partial charge >= 0.3 is 0 Å². The predicted molar refractivity (Wildman–Crippen MR) is 41.8 cm³/mol.